The van der Waals surface area contributed by atoms with E-state index < -0.39 is 0 Å². The van der Waals surface area contributed by atoms with Crippen molar-refractivity contribution in [2.75, 3.05) is 41.7 Å². The lowest BCUT2D eigenvalue weighted by molar-refractivity contribution is -0.00488. The molecule has 0 aromatic heterocycles. The lowest BCUT2D eigenvalue weighted by Gasteiger charge is -2.39. The van der Waals surface area contributed by atoms with Crippen LogP contribution < -0.4 is 23.7 Å². The Balaban J connectivity index is 1.68. The summed E-state index contributed by atoms with van der Waals surface area (Å²) in [6.07, 6.45) is 0.701. The van der Waals surface area contributed by atoms with Gasteiger partial charge in [0.15, 0.2) is 23.0 Å². The number of halogens is 1. The van der Waals surface area contributed by atoms with E-state index in [9.17, 15) is 0 Å². The van der Waals surface area contributed by atoms with Gasteiger partial charge in [0.2, 0.25) is 12.5 Å². The molecule has 2 aromatic carbocycles. The fourth-order valence-electron chi connectivity index (χ4n) is 4.86. The van der Waals surface area contributed by atoms with Gasteiger partial charge in [-0.3, -0.25) is 4.90 Å². The summed E-state index contributed by atoms with van der Waals surface area (Å²) in [6, 6.07) is 3.97. The highest BCUT2D eigenvalue weighted by Crippen LogP contribution is 2.57. The maximum atomic E-state index is 6.37. The van der Waals surface area contributed by atoms with Crippen LogP contribution in [0.2, 0.25) is 0 Å². The summed E-state index contributed by atoms with van der Waals surface area (Å²) in [7, 11) is 7.10. The number of rotatable bonds is 4. The van der Waals surface area contributed by atoms with Crippen molar-refractivity contribution >= 4 is 15.9 Å². The Hall–Kier alpha value is -2.16. The van der Waals surface area contributed by atoms with E-state index in [0.717, 1.165) is 45.6 Å². The molecule has 160 valence electrons. The predicted molar refractivity (Wildman–Crippen MR) is 113 cm³/mol. The minimum Gasteiger partial charge on any atom is -0.493 e. The topological polar surface area (TPSA) is 58.6 Å². The fourth-order valence-corrected chi connectivity index (χ4v) is 5.57. The summed E-state index contributed by atoms with van der Waals surface area (Å²) >= 11 is 3.75. The van der Waals surface area contributed by atoms with E-state index in [1.165, 1.54) is 5.56 Å². The minimum atomic E-state index is -0.176. The normalized spacial score (nSPS) is 21.9. The van der Waals surface area contributed by atoms with Crippen molar-refractivity contribution in [2.45, 2.75) is 25.2 Å². The summed E-state index contributed by atoms with van der Waals surface area (Å²) in [5, 5.41) is 0. The van der Waals surface area contributed by atoms with E-state index in [-0.39, 0.29) is 18.9 Å². The molecule has 3 aliphatic rings. The standard InChI is InChI=1S/C22H24BrNO6/c1-24-8-7-12-15(20(27-4)22-21(16(12)23)29-10-30-22)17(24)19-11-5-6-14(25-2)18(26-3)13(11)9-28-19/h5-6,17,19H,7-10H2,1-4H3. The number of nitrogens with zero attached hydrogens (tertiary/aromatic N) is 1. The highest BCUT2D eigenvalue weighted by molar-refractivity contribution is 9.10. The van der Waals surface area contributed by atoms with Crippen molar-refractivity contribution in [3.8, 4) is 28.7 Å². The molecule has 2 atom stereocenters. The van der Waals surface area contributed by atoms with E-state index in [4.69, 9.17) is 28.4 Å². The number of likely N-dealkylation sites (N-methyl/N-ethyl adjacent to an activating group) is 1. The Labute approximate surface area is 183 Å². The van der Waals surface area contributed by atoms with Gasteiger partial charge in [0.25, 0.3) is 0 Å². The SMILES string of the molecule is COc1ccc2c(c1OC)COC2C1c2c(c(Br)c3c(c2OC)OCO3)CCN1C. The third-order valence-corrected chi connectivity index (χ3v) is 7.07. The first-order valence-electron chi connectivity index (χ1n) is 9.84. The molecule has 5 rings (SSSR count). The Bertz CT molecular complexity index is 1010. The zero-order valence-corrected chi connectivity index (χ0v) is 19.0. The molecule has 0 radical (unpaired) electrons. The van der Waals surface area contributed by atoms with Gasteiger partial charge in [-0.2, -0.15) is 0 Å². The van der Waals surface area contributed by atoms with Gasteiger partial charge < -0.3 is 28.4 Å². The fraction of sp³-hybridized carbons (Fsp3) is 0.455. The quantitative estimate of drug-likeness (QED) is 0.659. The second kappa shape index (κ2) is 7.51. The van der Waals surface area contributed by atoms with Crippen molar-refractivity contribution in [1.29, 1.82) is 0 Å². The third-order valence-electron chi connectivity index (χ3n) is 6.23. The molecule has 8 heteroatoms. The Kier molecular flexibility index (Phi) is 4.95. The number of ether oxygens (including phenoxy) is 6. The second-order valence-electron chi connectivity index (χ2n) is 7.58. The molecule has 3 aliphatic heterocycles. The summed E-state index contributed by atoms with van der Waals surface area (Å²) < 4.78 is 35.8. The van der Waals surface area contributed by atoms with Gasteiger partial charge in [-0.25, -0.2) is 0 Å². The lowest BCUT2D eigenvalue weighted by atomic mass is 9.85. The number of fused-ring (bicyclic) bond motifs is 3. The van der Waals surface area contributed by atoms with Crippen LogP contribution in [0.1, 0.15) is 34.4 Å². The van der Waals surface area contributed by atoms with Crippen molar-refractivity contribution < 1.29 is 28.4 Å². The molecule has 2 aromatic rings. The summed E-state index contributed by atoms with van der Waals surface area (Å²) in [6.45, 7) is 1.54. The molecular weight excluding hydrogens is 454 g/mol. The maximum Gasteiger partial charge on any atom is 0.231 e. The van der Waals surface area contributed by atoms with Crippen LogP contribution in [0.5, 0.6) is 28.7 Å². The molecule has 0 amide bonds. The van der Waals surface area contributed by atoms with Crippen molar-refractivity contribution in [1.82, 2.24) is 4.90 Å². The van der Waals surface area contributed by atoms with Crippen molar-refractivity contribution in [3.05, 3.63) is 38.9 Å². The van der Waals surface area contributed by atoms with Crippen molar-refractivity contribution in [2.24, 2.45) is 0 Å². The monoisotopic (exact) mass is 477 g/mol. The van der Waals surface area contributed by atoms with Gasteiger partial charge in [-0.1, -0.05) is 6.07 Å². The summed E-state index contributed by atoms with van der Waals surface area (Å²) in [5.41, 5.74) is 4.39. The van der Waals surface area contributed by atoms with E-state index in [1.54, 1.807) is 21.3 Å². The predicted octanol–water partition coefficient (Wildman–Crippen LogP) is 4.00. The number of hydrogen-bond acceptors (Lipinski definition) is 7. The van der Waals surface area contributed by atoms with Crippen LogP contribution in [0.25, 0.3) is 0 Å². The highest BCUT2D eigenvalue weighted by atomic mass is 79.9. The van der Waals surface area contributed by atoms with Gasteiger partial charge >= 0.3 is 0 Å². The second-order valence-corrected chi connectivity index (χ2v) is 8.37. The molecule has 30 heavy (non-hydrogen) atoms. The van der Waals surface area contributed by atoms with Crippen LogP contribution >= 0.6 is 15.9 Å². The van der Waals surface area contributed by atoms with Crippen molar-refractivity contribution in [3.63, 3.8) is 0 Å². The van der Waals surface area contributed by atoms with Crippen LogP contribution in [0.15, 0.2) is 16.6 Å². The smallest absolute Gasteiger partial charge is 0.231 e. The summed E-state index contributed by atoms with van der Waals surface area (Å²) in [5.74, 6) is 3.52. The van der Waals surface area contributed by atoms with Crippen LogP contribution in [-0.2, 0) is 17.8 Å². The molecule has 0 fully saturated rings. The molecule has 2 unspecified atom stereocenters. The van der Waals surface area contributed by atoms with E-state index in [1.807, 2.05) is 6.07 Å². The zero-order valence-electron chi connectivity index (χ0n) is 17.4. The molecule has 0 saturated heterocycles. The van der Waals surface area contributed by atoms with E-state index >= 15 is 0 Å². The lowest BCUT2D eigenvalue weighted by Crippen LogP contribution is -2.36. The van der Waals surface area contributed by atoms with Gasteiger partial charge in [0.05, 0.1) is 38.5 Å². The maximum absolute atomic E-state index is 6.37. The largest absolute Gasteiger partial charge is 0.493 e. The molecule has 0 saturated carbocycles. The van der Waals surface area contributed by atoms with Crippen LogP contribution in [0.4, 0.5) is 0 Å². The van der Waals surface area contributed by atoms with Crippen LogP contribution in [0.3, 0.4) is 0 Å². The average Bonchev–Trinajstić information content (AvgIpc) is 3.41. The first-order valence-corrected chi connectivity index (χ1v) is 10.6. The molecule has 0 bridgehead atoms. The van der Waals surface area contributed by atoms with E-state index in [2.05, 4.69) is 33.9 Å². The number of benzene rings is 2. The Morgan fingerprint density at radius 1 is 1.00 bits per heavy atom. The van der Waals surface area contributed by atoms with Gasteiger partial charge in [0, 0.05) is 17.7 Å². The summed E-state index contributed by atoms with van der Waals surface area (Å²) in [4.78, 5) is 2.32. The first kappa shape index (κ1) is 19.8. The minimum absolute atomic E-state index is 0.0474. The molecular formula is C22H24BrNO6. The Morgan fingerprint density at radius 2 is 1.77 bits per heavy atom. The molecule has 0 aliphatic carbocycles. The molecule has 7 nitrogen and oxygen atoms in total. The van der Waals surface area contributed by atoms with E-state index in [0.29, 0.717) is 23.9 Å². The number of methoxy groups -OCH3 is 3. The highest BCUT2D eigenvalue weighted by Gasteiger charge is 2.43. The van der Waals surface area contributed by atoms with Gasteiger partial charge in [-0.05, 0) is 46.6 Å². The molecule has 0 N–H and O–H groups in total. The van der Waals surface area contributed by atoms with Crippen LogP contribution in [0, 0.1) is 0 Å². The zero-order chi connectivity index (χ0) is 21.0. The average molecular weight is 478 g/mol. The first-order chi connectivity index (χ1) is 14.6. The third kappa shape index (κ3) is 2.70. The Morgan fingerprint density at radius 3 is 2.50 bits per heavy atom. The van der Waals surface area contributed by atoms with Gasteiger partial charge in [-0.15, -0.1) is 0 Å². The molecule has 3 heterocycles. The number of hydrogen-bond donors (Lipinski definition) is 0. The molecule has 0 spiro atoms. The van der Waals surface area contributed by atoms with Gasteiger partial charge in [0.1, 0.15) is 6.10 Å². The van der Waals surface area contributed by atoms with Crippen LogP contribution in [-0.4, -0.2) is 46.6 Å².